The lowest BCUT2D eigenvalue weighted by Crippen LogP contribution is -2.53. The molecule has 1 aromatic carbocycles. The van der Waals surface area contributed by atoms with E-state index in [-0.39, 0.29) is 6.03 Å². The van der Waals surface area contributed by atoms with E-state index >= 15 is 0 Å². The highest BCUT2D eigenvalue weighted by atomic mass is 16.5. The molecule has 0 bridgehead atoms. The van der Waals surface area contributed by atoms with Gasteiger partial charge in [-0.3, -0.25) is 4.90 Å². The number of amides is 2. The van der Waals surface area contributed by atoms with Crippen molar-refractivity contribution in [2.75, 3.05) is 59.0 Å². The number of nitrogens with zero attached hydrogens (tertiary/aromatic N) is 2. The molecule has 0 radical (unpaired) electrons. The highest BCUT2D eigenvalue weighted by Gasteiger charge is 2.25. The first-order valence-corrected chi connectivity index (χ1v) is 10.4. The summed E-state index contributed by atoms with van der Waals surface area (Å²) < 4.78 is 5.42. The van der Waals surface area contributed by atoms with Crippen molar-refractivity contribution in [1.29, 1.82) is 0 Å². The zero-order chi connectivity index (χ0) is 18.7. The summed E-state index contributed by atoms with van der Waals surface area (Å²) in [7, 11) is 0. The van der Waals surface area contributed by atoms with Crippen LogP contribution in [0, 0.1) is 0 Å². The zero-order valence-electron chi connectivity index (χ0n) is 16.4. The van der Waals surface area contributed by atoms with Crippen LogP contribution in [0.15, 0.2) is 30.3 Å². The lowest BCUT2D eigenvalue weighted by Gasteiger charge is -2.35. The number of ether oxygens (including phenoxy) is 1. The van der Waals surface area contributed by atoms with Gasteiger partial charge in [-0.15, -0.1) is 0 Å². The number of rotatable bonds is 8. The molecule has 2 aliphatic heterocycles. The molecule has 0 aromatic heterocycles. The van der Waals surface area contributed by atoms with Crippen LogP contribution in [-0.2, 0) is 11.2 Å². The largest absolute Gasteiger partial charge is 0.379 e. The smallest absolute Gasteiger partial charge is 0.317 e. The maximum absolute atomic E-state index is 12.9. The van der Waals surface area contributed by atoms with Crippen molar-refractivity contribution in [3.05, 3.63) is 35.9 Å². The summed E-state index contributed by atoms with van der Waals surface area (Å²) in [6.07, 6.45) is 4.12. The Balaban J connectivity index is 1.46. The molecule has 2 saturated heterocycles. The molecule has 1 unspecified atom stereocenters. The maximum atomic E-state index is 12.9. The quantitative estimate of drug-likeness (QED) is 0.727. The molecule has 3 rings (SSSR count). The maximum Gasteiger partial charge on any atom is 0.317 e. The highest BCUT2D eigenvalue weighted by Crippen LogP contribution is 2.12. The third-order valence-electron chi connectivity index (χ3n) is 5.48. The fourth-order valence-corrected chi connectivity index (χ4v) is 3.90. The van der Waals surface area contributed by atoms with Gasteiger partial charge in [0.25, 0.3) is 0 Å². The number of urea groups is 1. The molecule has 150 valence electrons. The summed E-state index contributed by atoms with van der Waals surface area (Å²) in [6, 6.07) is 10.7. The second-order valence-corrected chi connectivity index (χ2v) is 7.47. The second-order valence-electron chi connectivity index (χ2n) is 7.47. The van der Waals surface area contributed by atoms with Crippen LogP contribution in [0.2, 0.25) is 0 Å². The standard InChI is InChI=1S/C21H34N4O2/c26-21(23-11-9-19-6-2-1-3-7-19)25(20-8-4-10-22-18-20)13-5-12-24-14-16-27-17-15-24/h1-3,6-7,20,22H,4-5,8-18H2,(H,23,26). The minimum atomic E-state index is 0.0848. The Hall–Kier alpha value is -1.63. The molecule has 2 N–H and O–H groups in total. The number of carbonyl (C=O) groups excluding carboxylic acids is 1. The number of hydrogen-bond donors (Lipinski definition) is 2. The Morgan fingerprint density at radius 3 is 2.81 bits per heavy atom. The van der Waals surface area contributed by atoms with Crippen molar-refractivity contribution in [1.82, 2.24) is 20.4 Å². The minimum absolute atomic E-state index is 0.0848. The third-order valence-corrected chi connectivity index (χ3v) is 5.48. The molecule has 2 amide bonds. The summed E-state index contributed by atoms with van der Waals surface area (Å²) in [4.78, 5) is 17.4. The molecule has 2 aliphatic rings. The van der Waals surface area contributed by atoms with E-state index in [2.05, 4.69) is 32.6 Å². The first-order valence-electron chi connectivity index (χ1n) is 10.4. The third kappa shape index (κ3) is 6.79. The summed E-state index contributed by atoms with van der Waals surface area (Å²) in [6.45, 7) is 8.19. The lowest BCUT2D eigenvalue weighted by molar-refractivity contribution is 0.0359. The Morgan fingerprint density at radius 2 is 2.07 bits per heavy atom. The number of nitrogens with one attached hydrogen (secondary N) is 2. The monoisotopic (exact) mass is 374 g/mol. The minimum Gasteiger partial charge on any atom is -0.379 e. The van der Waals surface area contributed by atoms with Gasteiger partial charge >= 0.3 is 6.03 Å². The molecular weight excluding hydrogens is 340 g/mol. The predicted molar refractivity (Wildman–Crippen MR) is 108 cm³/mol. The van der Waals surface area contributed by atoms with Gasteiger partial charge in [0, 0.05) is 45.3 Å². The van der Waals surface area contributed by atoms with Crippen LogP contribution in [0.5, 0.6) is 0 Å². The number of hydrogen-bond acceptors (Lipinski definition) is 4. The predicted octanol–water partition coefficient (Wildman–Crippen LogP) is 1.72. The zero-order valence-corrected chi connectivity index (χ0v) is 16.4. The van der Waals surface area contributed by atoms with Crippen molar-refractivity contribution < 1.29 is 9.53 Å². The van der Waals surface area contributed by atoms with Crippen molar-refractivity contribution >= 4 is 6.03 Å². The van der Waals surface area contributed by atoms with Crippen LogP contribution < -0.4 is 10.6 Å². The van der Waals surface area contributed by atoms with Crippen molar-refractivity contribution in [3.63, 3.8) is 0 Å². The van der Waals surface area contributed by atoms with E-state index in [4.69, 9.17) is 4.74 Å². The van der Waals surface area contributed by atoms with Crippen LogP contribution in [-0.4, -0.2) is 80.9 Å². The van der Waals surface area contributed by atoms with Gasteiger partial charge < -0.3 is 20.3 Å². The van der Waals surface area contributed by atoms with Gasteiger partial charge in [0.1, 0.15) is 0 Å². The van der Waals surface area contributed by atoms with Crippen molar-refractivity contribution in [3.8, 4) is 0 Å². The summed E-state index contributed by atoms with van der Waals surface area (Å²) in [5.74, 6) is 0. The number of benzene rings is 1. The van der Waals surface area contributed by atoms with E-state index in [1.807, 2.05) is 18.2 Å². The summed E-state index contributed by atoms with van der Waals surface area (Å²) in [5, 5.41) is 6.59. The SMILES string of the molecule is O=C(NCCc1ccccc1)N(CCCN1CCOCC1)C1CCCNC1. The van der Waals surface area contributed by atoms with Gasteiger partial charge in [-0.05, 0) is 37.8 Å². The van der Waals surface area contributed by atoms with Crippen LogP contribution >= 0.6 is 0 Å². The van der Waals surface area contributed by atoms with Crippen LogP contribution in [0.1, 0.15) is 24.8 Å². The van der Waals surface area contributed by atoms with E-state index in [0.29, 0.717) is 12.6 Å². The van der Waals surface area contributed by atoms with Gasteiger partial charge in [0.15, 0.2) is 0 Å². The average Bonchev–Trinajstić information content (AvgIpc) is 2.73. The molecule has 27 heavy (non-hydrogen) atoms. The van der Waals surface area contributed by atoms with Gasteiger partial charge in [-0.25, -0.2) is 4.79 Å². The molecule has 0 aliphatic carbocycles. The molecule has 2 fully saturated rings. The molecule has 0 saturated carbocycles. The fourth-order valence-electron chi connectivity index (χ4n) is 3.90. The van der Waals surface area contributed by atoms with Gasteiger partial charge in [0.05, 0.1) is 13.2 Å². The number of carbonyl (C=O) groups is 1. The molecule has 6 heteroatoms. The van der Waals surface area contributed by atoms with Gasteiger partial charge in [-0.1, -0.05) is 30.3 Å². The van der Waals surface area contributed by atoms with E-state index in [9.17, 15) is 4.79 Å². The van der Waals surface area contributed by atoms with Crippen LogP contribution in [0.25, 0.3) is 0 Å². The molecule has 1 atom stereocenters. The molecule has 6 nitrogen and oxygen atoms in total. The van der Waals surface area contributed by atoms with Gasteiger partial charge in [0.2, 0.25) is 0 Å². The number of morpholine rings is 1. The second kappa shape index (κ2) is 11.3. The molecular formula is C21H34N4O2. The lowest BCUT2D eigenvalue weighted by atomic mass is 10.1. The van der Waals surface area contributed by atoms with E-state index in [1.165, 1.54) is 5.56 Å². The Morgan fingerprint density at radius 1 is 1.26 bits per heavy atom. The van der Waals surface area contributed by atoms with Gasteiger partial charge in [-0.2, -0.15) is 0 Å². The number of piperidine rings is 1. The summed E-state index contributed by atoms with van der Waals surface area (Å²) in [5.41, 5.74) is 1.26. The molecule has 0 spiro atoms. The van der Waals surface area contributed by atoms with Crippen molar-refractivity contribution in [2.24, 2.45) is 0 Å². The van der Waals surface area contributed by atoms with E-state index in [1.54, 1.807) is 0 Å². The van der Waals surface area contributed by atoms with E-state index < -0.39 is 0 Å². The Bertz CT molecular complexity index is 542. The van der Waals surface area contributed by atoms with Crippen LogP contribution in [0.4, 0.5) is 4.79 Å². The van der Waals surface area contributed by atoms with Crippen molar-refractivity contribution in [2.45, 2.75) is 31.7 Å². The molecule has 2 heterocycles. The Labute approximate surface area is 163 Å². The van der Waals surface area contributed by atoms with E-state index in [0.717, 1.165) is 78.2 Å². The topological polar surface area (TPSA) is 56.8 Å². The first kappa shape index (κ1) is 20.1. The first-order chi connectivity index (χ1) is 13.3. The normalized spacial score (nSPS) is 21.0. The molecule has 1 aromatic rings. The highest BCUT2D eigenvalue weighted by molar-refractivity contribution is 5.74. The van der Waals surface area contributed by atoms with Crippen LogP contribution in [0.3, 0.4) is 0 Å². The Kier molecular flexibility index (Phi) is 8.39. The summed E-state index contributed by atoms with van der Waals surface area (Å²) >= 11 is 0. The fraction of sp³-hybridized carbons (Fsp3) is 0.667. The average molecular weight is 375 g/mol.